The SMILES string of the molecule is CC(CCC1CCCc2ccccc21)C(=O)O. The van der Waals surface area contributed by atoms with Crippen molar-refractivity contribution >= 4 is 5.97 Å². The molecule has 2 rings (SSSR count). The lowest BCUT2D eigenvalue weighted by Gasteiger charge is -2.26. The molecule has 2 heteroatoms. The van der Waals surface area contributed by atoms with Crippen molar-refractivity contribution in [2.75, 3.05) is 0 Å². The molecule has 2 atom stereocenters. The van der Waals surface area contributed by atoms with Gasteiger partial charge in [-0.1, -0.05) is 31.2 Å². The molecular formula is C15H20O2. The number of aryl methyl sites for hydroxylation is 1. The van der Waals surface area contributed by atoms with E-state index in [0.717, 1.165) is 12.8 Å². The van der Waals surface area contributed by atoms with Gasteiger partial charge in [0, 0.05) is 0 Å². The summed E-state index contributed by atoms with van der Waals surface area (Å²) in [4.78, 5) is 10.8. The molecule has 92 valence electrons. The van der Waals surface area contributed by atoms with Gasteiger partial charge in [-0.25, -0.2) is 0 Å². The Hall–Kier alpha value is -1.31. The standard InChI is InChI=1S/C15H20O2/c1-11(15(16)17)9-10-13-7-4-6-12-5-2-3-8-14(12)13/h2-3,5,8,11,13H,4,6-7,9-10H2,1H3,(H,16,17). The van der Waals surface area contributed by atoms with Gasteiger partial charge in [0.25, 0.3) is 0 Å². The molecule has 17 heavy (non-hydrogen) atoms. The molecule has 2 unspecified atom stereocenters. The zero-order chi connectivity index (χ0) is 12.3. The summed E-state index contributed by atoms with van der Waals surface area (Å²) in [6.07, 6.45) is 5.42. The molecule has 1 aromatic rings. The van der Waals surface area contributed by atoms with Crippen LogP contribution in [0.3, 0.4) is 0 Å². The van der Waals surface area contributed by atoms with Gasteiger partial charge >= 0.3 is 5.97 Å². The number of carbonyl (C=O) groups is 1. The molecule has 0 aliphatic heterocycles. The van der Waals surface area contributed by atoms with Crippen molar-refractivity contribution in [2.45, 2.75) is 44.9 Å². The van der Waals surface area contributed by atoms with Crippen LogP contribution in [0, 0.1) is 5.92 Å². The van der Waals surface area contributed by atoms with Gasteiger partial charge in [0.15, 0.2) is 0 Å². The summed E-state index contributed by atoms with van der Waals surface area (Å²) in [5.41, 5.74) is 2.92. The molecule has 0 amide bonds. The van der Waals surface area contributed by atoms with Gasteiger partial charge < -0.3 is 5.11 Å². The van der Waals surface area contributed by atoms with Gasteiger partial charge in [-0.15, -0.1) is 0 Å². The molecule has 1 aliphatic carbocycles. The van der Waals surface area contributed by atoms with E-state index in [1.54, 1.807) is 6.92 Å². The van der Waals surface area contributed by atoms with Crippen molar-refractivity contribution in [3.63, 3.8) is 0 Å². The molecule has 0 heterocycles. The number of carboxylic acid groups (broad SMARTS) is 1. The summed E-state index contributed by atoms with van der Waals surface area (Å²) in [6.45, 7) is 1.80. The van der Waals surface area contributed by atoms with Crippen LogP contribution >= 0.6 is 0 Å². The van der Waals surface area contributed by atoms with Crippen molar-refractivity contribution in [3.05, 3.63) is 35.4 Å². The average molecular weight is 232 g/mol. The highest BCUT2D eigenvalue weighted by Gasteiger charge is 2.21. The maximum Gasteiger partial charge on any atom is 0.306 e. The first-order valence-electron chi connectivity index (χ1n) is 6.49. The van der Waals surface area contributed by atoms with E-state index in [4.69, 9.17) is 5.11 Å². The second-order valence-electron chi connectivity index (χ2n) is 5.10. The summed E-state index contributed by atoms with van der Waals surface area (Å²) < 4.78 is 0. The first-order chi connectivity index (χ1) is 8.18. The largest absolute Gasteiger partial charge is 0.481 e. The second-order valence-corrected chi connectivity index (χ2v) is 5.10. The molecule has 1 aliphatic rings. The van der Waals surface area contributed by atoms with Crippen LogP contribution in [0.25, 0.3) is 0 Å². The quantitative estimate of drug-likeness (QED) is 0.861. The van der Waals surface area contributed by atoms with E-state index in [2.05, 4.69) is 24.3 Å². The maximum atomic E-state index is 10.8. The Morgan fingerprint density at radius 3 is 3.00 bits per heavy atom. The second kappa shape index (κ2) is 5.35. The first-order valence-corrected chi connectivity index (χ1v) is 6.49. The third-order valence-corrected chi connectivity index (χ3v) is 3.86. The molecular weight excluding hydrogens is 212 g/mol. The number of fused-ring (bicyclic) bond motifs is 1. The van der Waals surface area contributed by atoms with Crippen LogP contribution in [-0.2, 0) is 11.2 Å². The monoisotopic (exact) mass is 232 g/mol. The van der Waals surface area contributed by atoms with Gasteiger partial charge in [0.1, 0.15) is 0 Å². The number of rotatable bonds is 4. The Morgan fingerprint density at radius 2 is 2.24 bits per heavy atom. The molecule has 0 aromatic heterocycles. The number of hydrogen-bond acceptors (Lipinski definition) is 1. The highest BCUT2D eigenvalue weighted by molar-refractivity contribution is 5.69. The van der Waals surface area contributed by atoms with Crippen molar-refractivity contribution < 1.29 is 9.90 Å². The van der Waals surface area contributed by atoms with Crippen LogP contribution in [-0.4, -0.2) is 11.1 Å². The van der Waals surface area contributed by atoms with E-state index in [9.17, 15) is 4.79 Å². The summed E-state index contributed by atoms with van der Waals surface area (Å²) >= 11 is 0. The van der Waals surface area contributed by atoms with Crippen molar-refractivity contribution in [3.8, 4) is 0 Å². The third-order valence-electron chi connectivity index (χ3n) is 3.86. The molecule has 0 bridgehead atoms. The summed E-state index contributed by atoms with van der Waals surface area (Å²) in [7, 11) is 0. The smallest absolute Gasteiger partial charge is 0.306 e. The van der Waals surface area contributed by atoms with E-state index < -0.39 is 5.97 Å². The summed E-state index contributed by atoms with van der Waals surface area (Å²) in [5, 5.41) is 8.91. The zero-order valence-corrected chi connectivity index (χ0v) is 10.4. The maximum absolute atomic E-state index is 10.8. The Kier molecular flexibility index (Phi) is 3.82. The van der Waals surface area contributed by atoms with Crippen LogP contribution in [0.4, 0.5) is 0 Å². The molecule has 0 radical (unpaired) electrons. The summed E-state index contributed by atoms with van der Waals surface area (Å²) in [5.74, 6) is -0.320. The Balaban J connectivity index is 2.01. The van der Waals surface area contributed by atoms with Crippen LogP contribution in [0.1, 0.15) is 49.7 Å². The third kappa shape index (κ3) is 2.87. The normalized spacial score (nSPS) is 20.6. The van der Waals surface area contributed by atoms with E-state index in [1.807, 2.05) is 0 Å². The fraction of sp³-hybridized carbons (Fsp3) is 0.533. The van der Waals surface area contributed by atoms with E-state index in [1.165, 1.54) is 30.4 Å². The highest BCUT2D eigenvalue weighted by atomic mass is 16.4. The summed E-state index contributed by atoms with van der Waals surface area (Å²) in [6, 6.07) is 8.62. The number of aliphatic carboxylic acids is 1. The fourth-order valence-electron chi connectivity index (χ4n) is 2.73. The van der Waals surface area contributed by atoms with E-state index >= 15 is 0 Å². The molecule has 2 nitrogen and oxygen atoms in total. The van der Waals surface area contributed by atoms with Crippen molar-refractivity contribution in [1.29, 1.82) is 0 Å². The minimum Gasteiger partial charge on any atom is -0.481 e. The number of benzene rings is 1. The lowest BCUT2D eigenvalue weighted by atomic mass is 9.79. The highest BCUT2D eigenvalue weighted by Crippen LogP contribution is 2.35. The average Bonchev–Trinajstić information content (AvgIpc) is 2.35. The van der Waals surface area contributed by atoms with Crippen molar-refractivity contribution in [1.82, 2.24) is 0 Å². The van der Waals surface area contributed by atoms with E-state index in [0.29, 0.717) is 5.92 Å². The van der Waals surface area contributed by atoms with Gasteiger partial charge in [-0.05, 0) is 49.1 Å². The first kappa shape index (κ1) is 12.2. The van der Waals surface area contributed by atoms with Crippen molar-refractivity contribution in [2.24, 2.45) is 5.92 Å². The van der Waals surface area contributed by atoms with Crippen LogP contribution in [0.15, 0.2) is 24.3 Å². The Labute approximate surface area is 103 Å². The van der Waals surface area contributed by atoms with Gasteiger partial charge in [0.05, 0.1) is 5.92 Å². The fourth-order valence-corrected chi connectivity index (χ4v) is 2.73. The molecule has 0 saturated carbocycles. The molecule has 0 fully saturated rings. The minimum absolute atomic E-state index is 0.218. The van der Waals surface area contributed by atoms with Crippen LogP contribution < -0.4 is 0 Å². The molecule has 0 spiro atoms. The molecule has 0 saturated heterocycles. The lowest BCUT2D eigenvalue weighted by molar-refractivity contribution is -0.141. The molecule has 1 aromatic carbocycles. The van der Waals surface area contributed by atoms with Crippen LogP contribution in [0.2, 0.25) is 0 Å². The predicted molar refractivity (Wildman–Crippen MR) is 68.2 cm³/mol. The molecule has 1 N–H and O–H groups in total. The topological polar surface area (TPSA) is 37.3 Å². The van der Waals surface area contributed by atoms with Gasteiger partial charge in [-0.3, -0.25) is 4.79 Å². The number of hydrogen-bond donors (Lipinski definition) is 1. The number of carboxylic acids is 1. The lowest BCUT2D eigenvalue weighted by Crippen LogP contribution is -2.14. The van der Waals surface area contributed by atoms with Gasteiger partial charge in [0.2, 0.25) is 0 Å². The Bertz CT molecular complexity index is 398. The predicted octanol–water partition coefficient (Wildman–Crippen LogP) is 3.61. The Morgan fingerprint density at radius 1 is 1.47 bits per heavy atom. The van der Waals surface area contributed by atoms with Gasteiger partial charge in [-0.2, -0.15) is 0 Å². The minimum atomic E-state index is -0.672. The zero-order valence-electron chi connectivity index (χ0n) is 10.4. The van der Waals surface area contributed by atoms with Crippen LogP contribution in [0.5, 0.6) is 0 Å². The van der Waals surface area contributed by atoms with E-state index in [-0.39, 0.29) is 5.92 Å².